The van der Waals surface area contributed by atoms with E-state index >= 15 is 0 Å². The molecule has 0 aliphatic carbocycles. The summed E-state index contributed by atoms with van der Waals surface area (Å²) in [6.45, 7) is 0. The summed E-state index contributed by atoms with van der Waals surface area (Å²) in [5, 5.41) is 2.95. The van der Waals surface area contributed by atoms with Crippen molar-refractivity contribution in [2.24, 2.45) is 0 Å². The lowest BCUT2D eigenvalue weighted by molar-refractivity contribution is 0.0935. The third-order valence-electron chi connectivity index (χ3n) is 2.98. The molecule has 3 N–H and O–H groups in total. The lowest BCUT2D eigenvalue weighted by atomic mass is 10.1. The highest BCUT2D eigenvalue weighted by atomic mass is 79.9. The molecule has 0 atom stereocenters. The van der Waals surface area contributed by atoms with E-state index in [-0.39, 0.29) is 11.9 Å². The Morgan fingerprint density at radius 3 is 2.72 bits per heavy atom. The second kappa shape index (κ2) is 5.84. The van der Waals surface area contributed by atoms with Crippen LogP contribution < -0.4 is 11.1 Å². The first-order valence-electron chi connectivity index (χ1n) is 5.77. The Balaban J connectivity index is 2.03. The maximum Gasteiger partial charge on any atom is 0.253 e. The fourth-order valence-corrected chi connectivity index (χ4v) is 3.59. The molecule has 0 spiro atoms. The first kappa shape index (κ1) is 13.5. The largest absolute Gasteiger partial charge is 0.398 e. The number of hydrogen-bond donors (Lipinski definition) is 2. The summed E-state index contributed by atoms with van der Waals surface area (Å²) in [6.07, 6.45) is 1.54. The Labute approximate surface area is 117 Å². The molecule has 1 fully saturated rings. The Morgan fingerprint density at radius 2 is 2.06 bits per heavy atom. The highest BCUT2D eigenvalue weighted by molar-refractivity contribution is 9.10. The topological polar surface area (TPSA) is 72.2 Å². The van der Waals surface area contributed by atoms with Gasteiger partial charge in [-0.1, -0.05) is 15.9 Å². The standard InChI is InChI=1S/C12H15BrN2O2S/c13-8-1-2-11(14)10(7-8)12(16)15-9-3-5-18(17)6-4-9/h1-2,7,9H,3-6,14H2,(H,15,16). The van der Waals surface area contributed by atoms with Gasteiger partial charge in [0.2, 0.25) is 0 Å². The van der Waals surface area contributed by atoms with Gasteiger partial charge in [0.25, 0.3) is 5.91 Å². The molecule has 0 radical (unpaired) electrons. The van der Waals surface area contributed by atoms with Crippen molar-refractivity contribution in [3.8, 4) is 0 Å². The number of nitrogens with one attached hydrogen (secondary N) is 1. The highest BCUT2D eigenvalue weighted by Crippen LogP contribution is 2.19. The van der Waals surface area contributed by atoms with Gasteiger partial charge in [-0.05, 0) is 31.0 Å². The van der Waals surface area contributed by atoms with E-state index < -0.39 is 10.8 Å². The number of nitrogens with two attached hydrogens (primary N) is 1. The van der Waals surface area contributed by atoms with Crippen LogP contribution in [0.4, 0.5) is 5.69 Å². The Kier molecular flexibility index (Phi) is 4.40. The first-order chi connectivity index (χ1) is 8.56. The molecule has 0 bridgehead atoms. The van der Waals surface area contributed by atoms with E-state index in [1.807, 2.05) is 0 Å². The molecule has 98 valence electrons. The minimum absolute atomic E-state index is 0.105. The van der Waals surface area contributed by atoms with Crippen LogP contribution in [0.15, 0.2) is 22.7 Å². The molecule has 1 aromatic rings. The maximum atomic E-state index is 12.1. The van der Waals surface area contributed by atoms with Crippen LogP contribution in [0.1, 0.15) is 23.2 Å². The molecule has 6 heteroatoms. The van der Waals surface area contributed by atoms with Gasteiger partial charge in [-0.3, -0.25) is 9.00 Å². The number of nitrogen functional groups attached to an aromatic ring is 1. The molecule has 1 aliphatic heterocycles. The number of hydrogen-bond acceptors (Lipinski definition) is 3. The Morgan fingerprint density at radius 1 is 1.39 bits per heavy atom. The van der Waals surface area contributed by atoms with Gasteiger partial charge in [0.05, 0.1) is 5.56 Å². The molecule has 1 heterocycles. The average molecular weight is 331 g/mol. The molecule has 1 saturated heterocycles. The predicted octanol–water partition coefficient (Wildman–Crippen LogP) is 1.67. The van der Waals surface area contributed by atoms with Gasteiger partial charge in [-0.2, -0.15) is 0 Å². The minimum Gasteiger partial charge on any atom is -0.398 e. The van der Waals surface area contributed by atoms with Crippen molar-refractivity contribution in [3.63, 3.8) is 0 Å². The molecule has 2 rings (SSSR count). The second-order valence-electron chi connectivity index (χ2n) is 4.33. The molecular weight excluding hydrogens is 316 g/mol. The third kappa shape index (κ3) is 3.32. The molecule has 0 aromatic heterocycles. The fraction of sp³-hybridized carbons (Fsp3) is 0.417. The molecule has 18 heavy (non-hydrogen) atoms. The number of halogens is 1. The fourth-order valence-electron chi connectivity index (χ4n) is 1.93. The zero-order valence-corrected chi connectivity index (χ0v) is 12.2. The summed E-state index contributed by atoms with van der Waals surface area (Å²) < 4.78 is 12.1. The van der Waals surface area contributed by atoms with Crippen molar-refractivity contribution in [2.75, 3.05) is 17.2 Å². The number of rotatable bonds is 2. The van der Waals surface area contributed by atoms with E-state index in [0.717, 1.165) is 17.3 Å². The van der Waals surface area contributed by atoms with Gasteiger partial charge in [0, 0.05) is 38.5 Å². The lowest BCUT2D eigenvalue weighted by Crippen LogP contribution is -2.39. The summed E-state index contributed by atoms with van der Waals surface area (Å²) in [4.78, 5) is 12.1. The summed E-state index contributed by atoms with van der Waals surface area (Å²) in [5.74, 6) is 1.17. The summed E-state index contributed by atoms with van der Waals surface area (Å²) in [7, 11) is -0.712. The minimum atomic E-state index is -0.712. The van der Waals surface area contributed by atoms with E-state index in [4.69, 9.17) is 5.73 Å². The molecular formula is C12H15BrN2O2S. The Hall–Kier alpha value is -0.880. The number of carbonyl (C=O) groups is 1. The predicted molar refractivity (Wildman–Crippen MR) is 76.9 cm³/mol. The molecule has 1 aliphatic rings. The van der Waals surface area contributed by atoms with Crippen LogP contribution >= 0.6 is 15.9 Å². The van der Waals surface area contributed by atoms with Crippen LogP contribution in [-0.2, 0) is 10.8 Å². The zero-order valence-electron chi connectivity index (χ0n) is 9.82. The second-order valence-corrected chi connectivity index (χ2v) is 6.94. The SMILES string of the molecule is Nc1ccc(Br)cc1C(=O)NC1CCS(=O)CC1. The van der Waals surface area contributed by atoms with Crippen LogP contribution in [0.2, 0.25) is 0 Å². The number of carbonyl (C=O) groups excluding carboxylic acids is 1. The van der Waals surface area contributed by atoms with Crippen molar-refractivity contribution >= 4 is 38.3 Å². The smallest absolute Gasteiger partial charge is 0.253 e. The lowest BCUT2D eigenvalue weighted by Gasteiger charge is -2.22. The molecule has 4 nitrogen and oxygen atoms in total. The maximum absolute atomic E-state index is 12.1. The molecule has 1 amide bonds. The van der Waals surface area contributed by atoms with Gasteiger partial charge < -0.3 is 11.1 Å². The zero-order chi connectivity index (χ0) is 13.1. The van der Waals surface area contributed by atoms with Crippen LogP contribution in [0.3, 0.4) is 0 Å². The van der Waals surface area contributed by atoms with Gasteiger partial charge >= 0.3 is 0 Å². The van der Waals surface area contributed by atoms with Gasteiger partial charge in [-0.25, -0.2) is 0 Å². The number of amides is 1. The van der Waals surface area contributed by atoms with Crippen molar-refractivity contribution in [1.29, 1.82) is 0 Å². The van der Waals surface area contributed by atoms with Crippen molar-refractivity contribution in [3.05, 3.63) is 28.2 Å². The van der Waals surface area contributed by atoms with E-state index in [9.17, 15) is 9.00 Å². The number of benzene rings is 1. The van der Waals surface area contributed by atoms with E-state index in [1.54, 1.807) is 18.2 Å². The monoisotopic (exact) mass is 330 g/mol. The van der Waals surface area contributed by atoms with E-state index in [2.05, 4.69) is 21.2 Å². The highest BCUT2D eigenvalue weighted by Gasteiger charge is 2.20. The van der Waals surface area contributed by atoms with E-state index in [0.29, 0.717) is 22.8 Å². The van der Waals surface area contributed by atoms with Gasteiger partial charge in [-0.15, -0.1) is 0 Å². The average Bonchev–Trinajstić information content (AvgIpc) is 2.35. The van der Waals surface area contributed by atoms with Crippen LogP contribution in [0.25, 0.3) is 0 Å². The van der Waals surface area contributed by atoms with E-state index in [1.165, 1.54) is 0 Å². The third-order valence-corrected chi connectivity index (χ3v) is 4.86. The first-order valence-corrected chi connectivity index (χ1v) is 8.05. The van der Waals surface area contributed by atoms with Crippen LogP contribution in [0, 0.1) is 0 Å². The molecule has 1 aromatic carbocycles. The molecule has 0 saturated carbocycles. The van der Waals surface area contributed by atoms with Gasteiger partial charge in [0.1, 0.15) is 0 Å². The quantitative estimate of drug-likeness (QED) is 0.810. The molecule has 0 unspecified atom stereocenters. The summed E-state index contributed by atoms with van der Waals surface area (Å²) in [5.41, 5.74) is 6.74. The van der Waals surface area contributed by atoms with Gasteiger partial charge in [0.15, 0.2) is 0 Å². The number of anilines is 1. The summed E-state index contributed by atoms with van der Waals surface area (Å²) in [6, 6.07) is 5.32. The Bertz CT molecular complexity index is 483. The van der Waals surface area contributed by atoms with Crippen molar-refractivity contribution in [2.45, 2.75) is 18.9 Å². The van der Waals surface area contributed by atoms with Crippen molar-refractivity contribution < 1.29 is 9.00 Å². The van der Waals surface area contributed by atoms with Crippen LogP contribution in [-0.4, -0.2) is 27.7 Å². The van der Waals surface area contributed by atoms with Crippen LogP contribution in [0.5, 0.6) is 0 Å². The van der Waals surface area contributed by atoms with Crippen molar-refractivity contribution in [1.82, 2.24) is 5.32 Å². The normalized spacial score (nSPS) is 23.6. The summed E-state index contributed by atoms with van der Waals surface area (Å²) >= 11 is 3.32.